The summed E-state index contributed by atoms with van der Waals surface area (Å²) < 4.78 is 0. The van der Waals surface area contributed by atoms with E-state index in [9.17, 15) is 0 Å². The van der Waals surface area contributed by atoms with Crippen molar-refractivity contribution in [2.75, 3.05) is 6.54 Å². The van der Waals surface area contributed by atoms with E-state index in [2.05, 4.69) is 33.0 Å². The Morgan fingerprint density at radius 2 is 2.00 bits per heavy atom. The predicted octanol–water partition coefficient (Wildman–Crippen LogP) is 2.76. The van der Waals surface area contributed by atoms with Gasteiger partial charge in [0, 0.05) is 12.5 Å². The van der Waals surface area contributed by atoms with Gasteiger partial charge in [-0.25, -0.2) is 9.97 Å². The Kier molecular flexibility index (Phi) is 3.77. The van der Waals surface area contributed by atoms with Crippen molar-refractivity contribution in [1.29, 1.82) is 0 Å². The molecule has 0 aromatic carbocycles. The summed E-state index contributed by atoms with van der Waals surface area (Å²) in [5.74, 6) is 1.98. The molecular formula is C14H23N3. The number of rotatable bonds is 3. The molecule has 2 rings (SSSR count). The maximum absolute atomic E-state index is 4.82. The summed E-state index contributed by atoms with van der Waals surface area (Å²) in [7, 11) is 0. The average Bonchev–Trinajstić information content (AvgIpc) is 2.36. The van der Waals surface area contributed by atoms with Gasteiger partial charge in [-0.05, 0) is 30.9 Å². The highest BCUT2D eigenvalue weighted by molar-refractivity contribution is 5.31. The second kappa shape index (κ2) is 5.13. The standard InChI is InChI=1S/C14H23N3/c1-5-10(4)14-16-12-8-15-7-6-11(12)13(17-14)9(2)3/h9-10,15H,5-8H2,1-4H3. The molecule has 1 N–H and O–H groups in total. The Hall–Kier alpha value is -0.960. The summed E-state index contributed by atoms with van der Waals surface area (Å²) in [5, 5.41) is 3.40. The van der Waals surface area contributed by atoms with Crippen LogP contribution in [-0.2, 0) is 13.0 Å². The van der Waals surface area contributed by atoms with Gasteiger partial charge in [0.1, 0.15) is 5.82 Å². The zero-order chi connectivity index (χ0) is 12.4. The minimum Gasteiger partial charge on any atom is -0.311 e. The van der Waals surface area contributed by atoms with E-state index in [1.165, 1.54) is 17.0 Å². The summed E-state index contributed by atoms with van der Waals surface area (Å²) in [6, 6.07) is 0. The van der Waals surface area contributed by atoms with Crippen LogP contribution >= 0.6 is 0 Å². The molecule has 0 radical (unpaired) electrons. The Bertz CT molecular complexity index is 399. The maximum Gasteiger partial charge on any atom is 0.131 e. The molecule has 0 spiro atoms. The van der Waals surface area contributed by atoms with E-state index >= 15 is 0 Å². The summed E-state index contributed by atoms with van der Waals surface area (Å²) in [6.45, 7) is 10.8. The molecule has 0 bridgehead atoms. The monoisotopic (exact) mass is 233 g/mol. The molecule has 94 valence electrons. The quantitative estimate of drug-likeness (QED) is 0.872. The zero-order valence-electron chi connectivity index (χ0n) is 11.4. The van der Waals surface area contributed by atoms with Crippen LogP contribution in [-0.4, -0.2) is 16.5 Å². The average molecular weight is 233 g/mol. The molecule has 1 unspecified atom stereocenters. The van der Waals surface area contributed by atoms with Crippen molar-refractivity contribution in [1.82, 2.24) is 15.3 Å². The second-order valence-electron chi connectivity index (χ2n) is 5.28. The minimum absolute atomic E-state index is 0.458. The molecule has 0 saturated heterocycles. The van der Waals surface area contributed by atoms with Gasteiger partial charge in [0.2, 0.25) is 0 Å². The molecule has 1 aliphatic rings. The van der Waals surface area contributed by atoms with Crippen LogP contribution in [0.1, 0.15) is 68.7 Å². The van der Waals surface area contributed by atoms with Gasteiger partial charge in [0.05, 0.1) is 11.4 Å². The van der Waals surface area contributed by atoms with E-state index in [4.69, 9.17) is 9.97 Å². The molecule has 0 fully saturated rings. The number of aromatic nitrogens is 2. The van der Waals surface area contributed by atoms with Crippen molar-refractivity contribution in [2.45, 2.75) is 58.9 Å². The third kappa shape index (κ3) is 2.49. The lowest BCUT2D eigenvalue weighted by Crippen LogP contribution is -2.27. The molecule has 2 heterocycles. The van der Waals surface area contributed by atoms with Crippen LogP contribution < -0.4 is 5.32 Å². The number of hydrogen-bond donors (Lipinski definition) is 1. The van der Waals surface area contributed by atoms with Crippen molar-refractivity contribution in [3.63, 3.8) is 0 Å². The fourth-order valence-electron chi connectivity index (χ4n) is 2.29. The van der Waals surface area contributed by atoms with Gasteiger partial charge in [0.15, 0.2) is 0 Å². The Morgan fingerprint density at radius 1 is 1.24 bits per heavy atom. The van der Waals surface area contributed by atoms with E-state index in [-0.39, 0.29) is 0 Å². The summed E-state index contributed by atoms with van der Waals surface area (Å²) in [4.78, 5) is 9.57. The molecule has 1 atom stereocenters. The van der Waals surface area contributed by atoms with Gasteiger partial charge in [-0.15, -0.1) is 0 Å². The third-order valence-electron chi connectivity index (χ3n) is 3.59. The normalized spacial score (nSPS) is 17.0. The van der Waals surface area contributed by atoms with Crippen LogP contribution in [0.4, 0.5) is 0 Å². The first-order valence-electron chi connectivity index (χ1n) is 6.73. The first-order valence-corrected chi connectivity index (χ1v) is 6.73. The van der Waals surface area contributed by atoms with Gasteiger partial charge >= 0.3 is 0 Å². The molecule has 0 aliphatic carbocycles. The highest BCUT2D eigenvalue weighted by Crippen LogP contribution is 2.25. The van der Waals surface area contributed by atoms with Crippen LogP contribution in [0.2, 0.25) is 0 Å². The van der Waals surface area contributed by atoms with Crippen LogP contribution in [0.5, 0.6) is 0 Å². The first-order chi connectivity index (χ1) is 8.13. The predicted molar refractivity (Wildman–Crippen MR) is 70.2 cm³/mol. The minimum atomic E-state index is 0.458. The number of nitrogens with one attached hydrogen (secondary N) is 1. The molecule has 1 aliphatic heterocycles. The fraction of sp³-hybridized carbons (Fsp3) is 0.714. The molecule has 3 heteroatoms. The van der Waals surface area contributed by atoms with Crippen LogP contribution in [0.15, 0.2) is 0 Å². The summed E-state index contributed by atoms with van der Waals surface area (Å²) >= 11 is 0. The zero-order valence-corrected chi connectivity index (χ0v) is 11.4. The molecule has 0 saturated carbocycles. The first kappa shape index (κ1) is 12.5. The Balaban J connectivity index is 2.48. The molecule has 0 amide bonds. The van der Waals surface area contributed by atoms with E-state index < -0.39 is 0 Å². The smallest absolute Gasteiger partial charge is 0.131 e. The van der Waals surface area contributed by atoms with Crippen LogP contribution in [0.25, 0.3) is 0 Å². The molecule has 3 nitrogen and oxygen atoms in total. The van der Waals surface area contributed by atoms with E-state index in [1.807, 2.05) is 0 Å². The van der Waals surface area contributed by atoms with Crippen molar-refractivity contribution in [3.8, 4) is 0 Å². The van der Waals surface area contributed by atoms with Crippen molar-refractivity contribution in [2.24, 2.45) is 0 Å². The van der Waals surface area contributed by atoms with Crippen molar-refractivity contribution in [3.05, 3.63) is 22.8 Å². The number of nitrogens with zero attached hydrogens (tertiary/aromatic N) is 2. The summed E-state index contributed by atoms with van der Waals surface area (Å²) in [6.07, 6.45) is 2.17. The van der Waals surface area contributed by atoms with Gasteiger partial charge in [-0.2, -0.15) is 0 Å². The lowest BCUT2D eigenvalue weighted by atomic mass is 9.96. The van der Waals surface area contributed by atoms with E-state index in [0.29, 0.717) is 11.8 Å². The van der Waals surface area contributed by atoms with Crippen molar-refractivity contribution < 1.29 is 0 Å². The topological polar surface area (TPSA) is 37.8 Å². The summed E-state index contributed by atoms with van der Waals surface area (Å²) in [5.41, 5.74) is 3.89. The number of fused-ring (bicyclic) bond motifs is 1. The highest BCUT2D eigenvalue weighted by atomic mass is 15.0. The van der Waals surface area contributed by atoms with E-state index in [0.717, 1.165) is 31.8 Å². The molecule has 1 aromatic heterocycles. The van der Waals surface area contributed by atoms with Crippen LogP contribution in [0, 0.1) is 0 Å². The van der Waals surface area contributed by atoms with Gasteiger partial charge in [-0.1, -0.05) is 27.7 Å². The Morgan fingerprint density at radius 3 is 2.65 bits per heavy atom. The Labute approximate surface area is 104 Å². The fourth-order valence-corrected chi connectivity index (χ4v) is 2.29. The largest absolute Gasteiger partial charge is 0.311 e. The molecular weight excluding hydrogens is 210 g/mol. The van der Waals surface area contributed by atoms with Gasteiger partial charge in [-0.3, -0.25) is 0 Å². The van der Waals surface area contributed by atoms with Crippen LogP contribution in [0.3, 0.4) is 0 Å². The number of hydrogen-bond acceptors (Lipinski definition) is 3. The molecule has 1 aromatic rings. The van der Waals surface area contributed by atoms with Gasteiger partial charge < -0.3 is 5.32 Å². The third-order valence-corrected chi connectivity index (χ3v) is 3.59. The SMILES string of the molecule is CCC(C)c1nc2c(c(C(C)C)n1)CCNC2. The second-order valence-corrected chi connectivity index (χ2v) is 5.28. The van der Waals surface area contributed by atoms with Crippen molar-refractivity contribution >= 4 is 0 Å². The van der Waals surface area contributed by atoms with E-state index in [1.54, 1.807) is 0 Å². The lowest BCUT2D eigenvalue weighted by Gasteiger charge is -2.23. The highest BCUT2D eigenvalue weighted by Gasteiger charge is 2.20. The molecule has 17 heavy (non-hydrogen) atoms. The van der Waals surface area contributed by atoms with Gasteiger partial charge in [0.25, 0.3) is 0 Å². The maximum atomic E-state index is 4.82. The lowest BCUT2D eigenvalue weighted by molar-refractivity contribution is 0.581.